The maximum absolute atomic E-state index is 13.8. The molecule has 1 aliphatic carbocycles. The standard InChI is InChI=1S/C35H38N2O4/c1-23-16-28-29(35(4,5)13-12-34(28,2)3)19-26(23)18-27-7-9-31(41-27)33(38)37(20-24-10-14-36-15-11-24)21-25-6-8-30-32(17-25)40-22-39-30/h6-11,14-17,19H,12-13,18,20-22H2,1-5H3. The van der Waals surface area contributed by atoms with E-state index >= 15 is 0 Å². The van der Waals surface area contributed by atoms with Gasteiger partial charge in [0.05, 0.1) is 0 Å². The zero-order valence-corrected chi connectivity index (χ0v) is 24.6. The monoisotopic (exact) mass is 550 g/mol. The summed E-state index contributed by atoms with van der Waals surface area (Å²) in [5.41, 5.74) is 7.67. The van der Waals surface area contributed by atoms with E-state index in [1.54, 1.807) is 23.4 Å². The molecule has 0 bridgehead atoms. The third kappa shape index (κ3) is 5.48. The molecule has 0 radical (unpaired) electrons. The van der Waals surface area contributed by atoms with E-state index in [4.69, 9.17) is 13.9 Å². The van der Waals surface area contributed by atoms with Crippen molar-refractivity contribution in [2.24, 2.45) is 0 Å². The van der Waals surface area contributed by atoms with Gasteiger partial charge < -0.3 is 18.8 Å². The highest BCUT2D eigenvalue weighted by Gasteiger charge is 2.37. The minimum atomic E-state index is -0.157. The number of rotatable bonds is 7. The van der Waals surface area contributed by atoms with E-state index in [1.807, 2.05) is 36.4 Å². The van der Waals surface area contributed by atoms with Crippen molar-refractivity contribution >= 4 is 5.91 Å². The van der Waals surface area contributed by atoms with Gasteiger partial charge in [0.25, 0.3) is 5.91 Å². The fraction of sp³-hybridized carbons (Fsp3) is 0.371. The normalized spacial score (nSPS) is 16.3. The van der Waals surface area contributed by atoms with Gasteiger partial charge in [0, 0.05) is 31.9 Å². The molecule has 6 nitrogen and oxygen atoms in total. The van der Waals surface area contributed by atoms with Gasteiger partial charge in [-0.15, -0.1) is 0 Å². The molecule has 0 atom stereocenters. The first kappa shape index (κ1) is 27.1. The summed E-state index contributed by atoms with van der Waals surface area (Å²) < 4.78 is 17.2. The number of fused-ring (bicyclic) bond motifs is 2. The van der Waals surface area contributed by atoms with Crippen LogP contribution in [0.5, 0.6) is 11.5 Å². The van der Waals surface area contributed by atoms with E-state index in [-0.39, 0.29) is 23.5 Å². The first-order valence-corrected chi connectivity index (χ1v) is 14.4. The van der Waals surface area contributed by atoms with Gasteiger partial charge in [-0.2, -0.15) is 0 Å². The van der Waals surface area contributed by atoms with Crippen LogP contribution in [0.15, 0.2) is 71.4 Å². The second-order valence-corrected chi connectivity index (χ2v) is 12.7. The van der Waals surface area contributed by atoms with Gasteiger partial charge in [-0.1, -0.05) is 45.9 Å². The highest BCUT2D eigenvalue weighted by molar-refractivity contribution is 5.91. The first-order valence-electron chi connectivity index (χ1n) is 14.4. The van der Waals surface area contributed by atoms with E-state index in [0.717, 1.165) is 22.6 Å². The third-order valence-electron chi connectivity index (χ3n) is 8.77. The molecule has 0 fully saturated rings. The quantitative estimate of drug-likeness (QED) is 0.238. The average molecular weight is 551 g/mol. The average Bonchev–Trinajstić information content (AvgIpc) is 3.61. The molecule has 2 aliphatic rings. The maximum Gasteiger partial charge on any atom is 0.290 e. The lowest BCUT2D eigenvalue weighted by Gasteiger charge is -2.42. The molecular weight excluding hydrogens is 512 g/mol. The zero-order chi connectivity index (χ0) is 28.8. The first-order chi connectivity index (χ1) is 19.6. The van der Waals surface area contributed by atoms with E-state index in [1.165, 1.54) is 35.1 Å². The van der Waals surface area contributed by atoms with Crippen molar-refractivity contribution in [3.05, 3.63) is 112 Å². The van der Waals surface area contributed by atoms with Crippen molar-refractivity contribution in [1.29, 1.82) is 0 Å². The number of amides is 1. The predicted octanol–water partition coefficient (Wildman–Crippen LogP) is 7.49. The lowest BCUT2D eigenvalue weighted by molar-refractivity contribution is 0.0695. The molecule has 2 aromatic carbocycles. The van der Waals surface area contributed by atoms with Crippen molar-refractivity contribution in [2.45, 2.75) is 77.8 Å². The number of aryl methyl sites for hydroxylation is 1. The number of benzene rings is 2. The van der Waals surface area contributed by atoms with Crippen LogP contribution in [0.2, 0.25) is 0 Å². The third-order valence-corrected chi connectivity index (χ3v) is 8.77. The maximum atomic E-state index is 13.8. The molecule has 0 spiro atoms. The molecular formula is C35H38N2O4. The van der Waals surface area contributed by atoms with Crippen LogP contribution < -0.4 is 9.47 Å². The smallest absolute Gasteiger partial charge is 0.290 e. The van der Waals surface area contributed by atoms with Crippen LogP contribution in [0.4, 0.5) is 0 Å². The predicted molar refractivity (Wildman–Crippen MR) is 158 cm³/mol. The van der Waals surface area contributed by atoms with Crippen LogP contribution in [0, 0.1) is 6.92 Å². The number of ether oxygens (including phenoxy) is 2. The molecule has 0 saturated heterocycles. The van der Waals surface area contributed by atoms with Gasteiger partial charge >= 0.3 is 0 Å². The molecule has 6 heteroatoms. The second-order valence-electron chi connectivity index (χ2n) is 12.7. The Hall–Kier alpha value is -4.06. The number of carbonyl (C=O) groups excluding carboxylic acids is 1. The summed E-state index contributed by atoms with van der Waals surface area (Å²) in [7, 11) is 0. The Morgan fingerprint density at radius 1 is 0.829 bits per heavy atom. The highest BCUT2D eigenvalue weighted by Crippen LogP contribution is 2.46. The Labute approximate surface area is 242 Å². The van der Waals surface area contributed by atoms with E-state index < -0.39 is 0 Å². The number of hydrogen-bond acceptors (Lipinski definition) is 5. The Bertz CT molecular complexity index is 1590. The molecule has 212 valence electrons. The SMILES string of the molecule is Cc1cc2c(cc1Cc1ccc(C(=O)N(Cc3ccncc3)Cc3ccc4c(c3)OCO4)o1)C(C)(C)CCC2(C)C. The van der Waals surface area contributed by atoms with Gasteiger partial charge in [-0.25, -0.2) is 0 Å². The molecule has 0 saturated carbocycles. The van der Waals surface area contributed by atoms with E-state index in [9.17, 15) is 4.79 Å². The molecule has 2 aromatic heterocycles. The lowest BCUT2D eigenvalue weighted by atomic mass is 9.62. The van der Waals surface area contributed by atoms with Crippen molar-refractivity contribution in [1.82, 2.24) is 9.88 Å². The number of hydrogen-bond donors (Lipinski definition) is 0. The fourth-order valence-corrected chi connectivity index (χ4v) is 6.06. The summed E-state index contributed by atoms with van der Waals surface area (Å²) in [6, 6.07) is 18.1. The minimum Gasteiger partial charge on any atom is -0.456 e. The van der Waals surface area contributed by atoms with Crippen LogP contribution in [-0.2, 0) is 30.3 Å². The van der Waals surface area contributed by atoms with E-state index in [0.29, 0.717) is 31.0 Å². The summed E-state index contributed by atoms with van der Waals surface area (Å²) >= 11 is 0. The summed E-state index contributed by atoms with van der Waals surface area (Å²) in [5.74, 6) is 2.39. The number of furan rings is 1. The van der Waals surface area contributed by atoms with Gasteiger partial charge in [0.2, 0.25) is 6.79 Å². The Kier molecular flexibility index (Phi) is 6.88. The summed E-state index contributed by atoms with van der Waals surface area (Å²) in [5, 5.41) is 0. The molecule has 0 N–H and O–H groups in total. The zero-order valence-electron chi connectivity index (χ0n) is 24.6. The van der Waals surface area contributed by atoms with Crippen molar-refractivity contribution in [3.63, 3.8) is 0 Å². The summed E-state index contributed by atoms with van der Waals surface area (Å²) in [6.07, 6.45) is 6.50. The topological polar surface area (TPSA) is 64.8 Å². The van der Waals surface area contributed by atoms with Crippen LogP contribution in [0.25, 0.3) is 0 Å². The molecule has 4 aromatic rings. The van der Waals surface area contributed by atoms with Crippen LogP contribution in [0.3, 0.4) is 0 Å². The van der Waals surface area contributed by atoms with Crippen molar-refractivity contribution < 1.29 is 18.7 Å². The number of pyridine rings is 1. The molecule has 1 amide bonds. The fourth-order valence-electron chi connectivity index (χ4n) is 6.06. The number of nitrogens with zero attached hydrogens (tertiary/aromatic N) is 2. The van der Waals surface area contributed by atoms with Gasteiger partial charge in [-0.05, 0) is 100 Å². The Balaban J connectivity index is 1.25. The van der Waals surface area contributed by atoms with Gasteiger partial charge in [0.1, 0.15) is 5.76 Å². The number of carbonyl (C=O) groups is 1. The Morgan fingerprint density at radius 3 is 2.27 bits per heavy atom. The highest BCUT2D eigenvalue weighted by atomic mass is 16.7. The molecule has 41 heavy (non-hydrogen) atoms. The molecule has 1 aliphatic heterocycles. The van der Waals surface area contributed by atoms with E-state index in [2.05, 4.69) is 51.7 Å². The van der Waals surface area contributed by atoms with Crippen LogP contribution in [-0.4, -0.2) is 22.6 Å². The summed E-state index contributed by atoms with van der Waals surface area (Å²) in [4.78, 5) is 19.7. The van der Waals surface area contributed by atoms with Gasteiger partial charge in [0.15, 0.2) is 17.3 Å². The minimum absolute atomic E-state index is 0.139. The van der Waals surface area contributed by atoms with Gasteiger partial charge in [-0.3, -0.25) is 9.78 Å². The summed E-state index contributed by atoms with van der Waals surface area (Å²) in [6.45, 7) is 12.6. The second kappa shape index (κ2) is 10.4. The van der Waals surface area contributed by atoms with Crippen LogP contribution >= 0.6 is 0 Å². The lowest BCUT2D eigenvalue weighted by Crippen LogP contribution is -2.34. The largest absolute Gasteiger partial charge is 0.456 e. The molecule has 0 unspecified atom stereocenters. The number of aromatic nitrogens is 1. The van der Waals surface area contributed by atoms with Crippen LogP contribution in [0.1, 0.15) is 90.2 Å². The molecule has 3 heterocycles. The molecule has 6 rings (SSSR count). The van der Waals surface area contributed by atoms with Crippen molar-refractivity contribution in [2.75, 3.05) is 6.79 Å². The van der Waals surface area contributed by atoms with Crippen molar-refractivity contribution in [3.8, 4) is 11.5 Å². The Morgan fingerprint density at radius 2 is 1.51 bits per heavy atom.